The minimum absolute atomic E-state index is 0.107. The highest BCUT2D eigenvalue weighted by Crippen LogP contribution is 2.31. The van der Waals surface area contributed by atoms with Gasteiger partial charge in [-0.3, -0.25) is 14.3 Å². The molecular weight excluding hydrogens is 463 g/mol. The van der Waals surface area contributed by atoms with Crippen molar-refractivity contribution in [2.75, 3.05) is 6.54 Å². The molecule has 0 saturated carbocycles. The zero-order valence-electron chi connectivity index (χ0n) is 19.9. The summed E-state index contributed by atoms with van der Waals surface area (Å²) < 4.78 is 41.3. The Hall–Kier alpha value is -3.71. The van der Waals surface area contributed by atoms with E-state index >= 15 is 0 Å². The molecule has 0 unspecified atom stereocenters. The normalized spacial score (nSPS) is 14.1. The average Bonchev–Trinajstić information content (AvgIpc) is 2.88. The van der Waals surface area contributed by atoms with Crippen LogP contribution in [0.25, 0.3) is 0 Å². The van der Waals surface area contributed by atoms with E-state index < -0.39 is 11.7 Å². The molecule has 7 heteroatoms. The molecule has 2 heterocycles. The molecule has 0 radical (unpaired) electrons. The quantitative estimate of drug-likeness (QED) is 0.357. The van der Waals surface area contributed by atoms with Crippen LogP contribution in [0.2, 0.25) is 0 Å². The lowest BCUT2D eigenvalue weighted by Crippen LogP contribution is -2.40. The number of aromatic nitrogens is 2. The summed E-state index contributed by atoms with van der Waals surface area (Å²) in [4.78, 5) is 20.8. The molecule has 36 heavy (non-hydrogen) atoms. The highest BCUT2D eigenvalue weighted by atomic mass is 19.4. The predicted molar refractivity (Wildman–Crippen MR) is 133 cm³/mol. The molecule has 1 aromatic heterocycles. The molecule has 4 nitrogen and oxygen atoms in total. The van der Waals surface area contributed by atoms with Gasteiger partial charge in [0.15, 0.2) is 0 Å². The topological polar surface area (TPSA) is 38.1 Å². The van der Waals surface area contributed by atoms with E-state index in [1.54, 1.807) is 10.6 Å². The molecular formula is C29H26F3N3O. The largest absolute Gasteiger partial charge is 0.416 e. The summed E-state index contributed by atoms with van der Waals surface area (Å²) in [7, 11) is 0. The third kappa shape index (κ3) is 4.84. The minimum Gasteiger partial charge on any atom is -0.294 e. The van der Waals surface area contributed by atoms with Gasteiger partial charge in [0.25, 0.3) is 5.56 Å². The number of benzene rings is 3. The number of alkyl halides is 3. The van der Waals surface area contributed by atoms with Crippen molar-refractivity contribution in [1.82, 2.24) is 14.5 Å². The summed E-state index contributed by atoms with van der Waals surface area (Å²) in [5.74, 6) is 0.641. The lowest BCUT2D eigenvalue weighted by molar-refractivity contribution is -0.137. The fourth-order valence-electron chi connectivity index (χ4n) is 4.97. The van der Waals surface area contributed by atoms with Crippen LogP contribution in [-0.2, 0) is 25.7 Å². The van der Waals surface area contributed by atoms with E-state index in [1.165, 1.54) is 12.1 Å². The summed E-state index contributed by atoms with van der Waals surface area (Å²) in [6, 6.07) is 24.8. The van der Waals surface area contributed by atoms with Gasteiger partial charge in [-0.1, -0.05) is 78.9 Å². The molecule has 0 spiro atoms. The van der Waals surface area contributed by atoms with E-state index in [0.717, 1.165) is 22.9 Å². The van der Waals surface area contributed by atoms with Crippen molar-refractivity contribution in [3.8, 4) is 0 Å². The third-order valence-electron chi connectivity index (χ3n) is 6.67. The van der Waals surface area contributed by atoms with Crippen LogP contribution >= 0.6 is 0 Å². The summed E-state index contributed by atoms with van der Waals surface area (Å²) in [5, 5.41) is 0. The second-order valence-corrected chi connectivity index (χ2v) is 9.14. The molecule has 0 amide bonds. The van der Waals surface area contributed by atoms with Crippen LogP contribution in [0.1, 0.15) is 45.4 Å². The maximum atomic E-state index is 14.0. The Morgan fingerprint density at radius 3 is 2.17 bits per heavy atom. The molecule has 0 bridgehead atoms. The van der Waals surface area contributed by atoms with Gasteiger partial charge in [-0.25, -0.2) is 4.98 Å². The van der Waals surface area contributed by atoms with Crippen molar-refractivity contribution < 1.29 is 13.2 Å². The van der Waals surface area contributed by atoms with Gasteiger partial charge >= 0.3 is 6.18 Å². The molecule has 0 fully saturated rings. The van der Waals surface area contributed by atoms with Crippen LogP contribution in [0.15, 0.2) is 89.7 Å². The standard InChI is InChI=1S/C29H26F3N3O/c1-20-33-26-15-16-34(18-21-9-8-14-24(17-21)29(30,31)32)19-25(26)28(36)35(20)27(22-10-4-2-5-11-22)23-12-6-3-7-13-23/h2-14,17,27H,15-16,18-19H2,1H3. The first kappa shape index (κ1) is 24.0. The molecule has 4 aromatic rings. The van der Waals surface area contributed by atoms with Crippen molar-refractivity contribution in [2.45, 2.75) is 38.7 Å². The number of hydrogen-bond acceptors (Lipinski definition) is 3. The maximum Gasteiger partial charge on any atom is 0.416 e. The monoisotopic (exact) mass is 489 g/mol. The van der Waals surface area contributed by atoms with E-state index in [9.17, 15) is 18.0 Å². The fourth-order valence-corrected chi connectivity index (χ4v) is 4.97. The Labute approximate surface area is 207 Å². The van der Waals surface area contributed by atoms with E-state index in [1.807, 2.05) is 72.5 Å². The zero-order valence-corrected chi connectivity index (χ0v) is 19.9. The molecule has 1 aliphatic rings. The average molecular weight is 490 g/mol. The van der Waals surface area contributed by atoms with Gasteiger partial charge in [-0.2, -0.15) is 13.2 Å². The van der Waals surface area contributed by atoms with E-state index in [2.05, 4.69) is 0 Å². The van der Waals surface area contributed by atoms with Gasteiger partial charge < -0.3 is 0 Å². The van der Waals surface area contributed by atoms with E-state index in [0.29, 0.717) is 43.0 Å². The first-order valence-corrected chi connectivity index (χ1v) is 11.9. The molecule has 3 aromatic carbocycles. The number of nitrogens with zero attached hydrogens (tertiary/aromatic N) is 3. The molecule has 0 saturated heterocycles. The molecule has 0 aliphatic carbocycles. The van der Waals surface area contributed by atoms with Gasteiger partial charge in [-0.15, -0.1) is 0 Å². The van der Waals surface area contributed by atoms with Crippen LogP contribution in [0, 0.1) is 6.92 Å². The molecule has 0 atom stereocenters. The number of aryl methyl sites for hydroxylation is 1. The Kier molecular flexibility index (Phi) is 6.49. The van der Waals surface area contributed by atoms with Crippen molar-refractivity contribution in [1.29, 1.82) is 0 Å². The lowest BCUT2D eigenvalue weighted by Gasteiger charge is -2.30. The number of halogens is 3. The third-order valence-corrected chi connectivity index (χ3v) is 6.67. The van der Waals surface area contributed by atoms with Crippen LogP contribution in [0.3, 0.4) is 0 Å². The summed E-state index contributed by atoms with van der Waals surface area (Å²) in [6.45, 7) is 3.15. The minimum atomic E-state index is -4.39. The number of hydrogen-bond donors (Lipinski definition) is 0. The van der Waals surface area contributed by atoms with Gasteiger partial charge in [0.1, 0.15) is 5.82 Å². The Morgan fingerprint density at radius 1 is 0.917 bits per heavy atom. The number of rotatable bonds is 5. The number of fused-ring (bicyclic) bond motifs is 1. The summed E-state index contributed by atoms with van der Waals surface area (Å²) in [5.41, 5.74) is 3.14. The van der Waals surface area contributed by atoms with Gasteiger partial charge in [0.05, 0.1) is 22.9 Å². The van der Waals surface area contributed by atoms with Gasteiger partial charge in [0.2, 0.25) is 0 Å². The van der Waals surface area contributed by atoms with Crippen molar-refractivity contribution in [2.24, 2.45) is 0 Å². The first-order valence-electron chi connectivity index (χ1n) is 11.9. The van der Waals surface area contributed by atoms with Crippen LogP contribution in [0.5, 0.6) is 0 Å². The highest BCUT2D eigenvalue weighted by Gasteiger charge is 2.31. The van der Waals surface area contributed by atoms with E-state index in [4.69, 9.17) is 4.98 Å². The Morgan fingerprint density at radius 2 is 1.56 bits per heavy atom. The summed E-state index contributed by atoms with van der Waals surface area (Å²) in [6.07, 6.45) is -3.81. The Balaban J connectivity index is 1.52. The SMILES string of the molecule is Cc1nc2c(c(=O)n1C(c1ccccc1)c1ccccc1)CN(Cc1cccc(C(F)(F)F)c1)CC2. The van der Waals surface area contributed by atoms with Crippen LogP contribution in [0.4, 0.5) is 13.2 Å². The highest BCUT2D eigenvalue weighted by molar-refractivity contribution is 5.35. The smallest absolute Gasteiger partial charge is 0.294 e. The predicted octanol–water partition coefficient (Wildman–Crippen LogP) is 5.77. The molecule has 5 rings (SSSR count). The van der Waals surface area contributed by atoms with Gasteiger partial charge in [0, 0.05) is 26.1 Å². The van der Waals surface area contributed by atoms with Crippen molar-refractivity contribution >= 4 is 0 Å². The maximum absolute atomic E-state index is 14.0. The molecule has 1 aliphatic heterocycles. The first-order chi connectivity index (χ1) is 17.3. The molecule has 184 valence electrons. The van der Waals surface area contributed by atoms with Crippen LogP contribution in [-0.4, -0.2) is 21.0 Å². The van der Waals surface area contributed by atoms with Crippen LogP contribution < -0.4 is 5.56 Å². The fraction of sp³-hybridized carbons (Fsp3) is 0.241. The van der Waals surface area contributed by atoms with Crippen molar-refractivity contribution in [3.05, 3.63) is 135 Å². The second-order valence-electron chi connectivity index (χ2n) is 9.14. The van der Waals surface area contributed by atoms with E-state index in [-0.39, 0.29) is 11.6 Å². The van der Waals surface area contributed by atoms with Gasteiger partial charge in [-0.05, 0) is 29.7 Å². The second kappa shape index (κ2) is 9.74. The molecule has 0 N–H and O–H groups in total. The Bertz CT molecular complexity index is 1380. The zero-order chi connectivity index (χ0) is 25.3. The lowest BCUT2D eigenvalue weighted by atomic mass is 9.97. The van der Waals surface area contributed by atoms with Crippen molar-refractivity contribution in [3.63, 3.8) is 0 Å². The summed E-state index contributed by atoms with van der Waals surface area (Å²) >= 11 is 0.